The van der Waals surface area contributed by atoms with Gasteiger partial charge in [-0.25, -0.2) is 4.79 Å². The standard InChI is InChI=1S/C12H25NO3/c1-9(10(14)15)16-13(12(5,6)7)8-11(2,3)4/h9H,8H2,1-7H3,(H,14,15). The molecule has 0 saturated carbocycles. The van der Waals surface area contributed by atoms with Crippen LogP contribution < -0.4 is 0 Å². The lowest BCUT2D eigenvalue weighted by atomic mass is 9.94. The van der Waals surface area contributed by atoms with Gasteiger partial charge in [0, 0.05) is 12.1 Å². The molecule has 0 aliphatic carbocycles. The summed E-state index contributed by atoms with van der Waals surface area (Å²) in [5, 5.41) is 10.6. The lowest BCUT2D eigenvalue weighted by Crippen LogP contribution is -2.48. The predicted molar refractivity (Wildman–Crippen MR) is 64.1 cm³/mol. The first-order valence-electron chi connectivity index (χ1n) is 5.61. The number of hydroxylamine groups is 2. The summed E-state index contributed by atoms with van der Waals surface area (Å²) in [5.74, 6) is -0.942. The Hall–Kier alpha value is -0.610. The van der Waals surface area contributed by atoms with Crippen molar-refractivity contribution in [3.05, 3.63) is 0 Å². The van der Waals surface area contributed by atoms with Crippen LogP contribution in [0.25, 0.3) is 0 Å². The van der Waals surface area contributed by atoms with Crippen LogP contribution in [0.5, 0.6) is 0 Å². The van der Waals surface area contributed by atoms with Crippen molar-refractivity contribution in [2.75, 3.05) is 6.54 Å². The minimum Gasteiger partial charge on any atom is -0.479 e. The third kappa shape index (κ3) is 6.08. The van der Waals surface area contributed by atoms with Crippen LogP contribution in [0.4, 0.5) is 0 Å². The topological polar surface area (TPSA) is 49.8 Å². The second-order valence-corrected chi connectivity index (χ2v) is 6.35. The molecule has 16 heavy (non-hydrogen) atoms. The van der Waals surface area contributed by atoms with Gasteiger partial charge < -0.3 is 5.11 Å². The summed E-state index contributed by atoms with van der Waals surface area (Å²) in [6, 6.07) is 0. The van der Waals surface area contributed by atoms with E-state index >= 15 is 0 Å². The lowest BCUT2D eigenvalue weighted by molar-refractivity contribution is -0.249. The summed E-state index contributed by atoms with van der Waals surface area (Å²) >= 11 is 0. The molecule has 96 valence electrons. The van der Waals surface area contributed by atoms with Crippen molar-refractivity contribution < 1.29 is 14.7 Å². The van der Waals surface area contributed by atoms with Gasteiger partial charge in [0.1, 0.15) is 0 Å². The van der Waals surface area contributed by atoms with Gasteiger partial charge in [0.05, 0.1) is 0 Å². The number of carboxylic acid groups (broad SMARTS) is 1. The maximum atomic E-state index is 10.8. The smallest absolute Gasteiger partial charge is 0.334 e. The van der Waals surface area contributed by atoms with Crippen LogP contribution in [0.2, 0.25) is 0 Å². The van der Waals surface area contributed by atoms with Gasteiger partial charge >= 0.3 is 5.97 Å². The molecule has 0 spiro atoms. The minimum absolute atomic E-state index is 0.0610. The highest BCUT2D eigenvalue weighted by Gasteiger charge is 2.30. The molecule has 1 atom stereocenters. The van der Waals surface area contributed by atoms with Gasteiger partial charge in [0.2, 0.25) is 0 Å². The van der Waals surface area contributed by atoms with Crippen molar-refractivity contribution in [2.24, 2.45) is 5.41 Å². The minimum atomic E-state index is -0.942. The molecule has 0 aliphatic heterocycles. The highest BCUT2D eigenvalue weighted by atomic mass is 16.7. The average Bonchev–Trinajstić information content (AvgIpc) is 1.98. The Labute approximate surface area is 98.5 Å². The lowest BCUT2D eigenvalue weighted by Gasteiger charge is -2.39. The summed E-state index contributed by atoms with van der Waals surface area (Å²) in [4.78, 5) is 16.3. The van der Waals surface area contributed by atoms with E-state index in [1.165, 1.54) is 0 Å². The fraction of sp³-hybridized carbons (Fsp3) is 0.917. The molecule has 0 amide bonds. The summed E-state index contributed by atoms with van der Waals surface area (Å²) in [5.41, 5.74) is -0.150. The quantitative estimate of drug-likeness (QED) is 0.755. The first kappa shape index (κ1) is 15.4. The molecule has 0 radical (unpaired) electrons. The molecule has 0 rings (SSSR count). The van der Waals surface area contributed by atoms with Crippen molar-refractivity contribution in [2.45, 2.75) is 60.1 Å². The van der Waals surface area contributed by atoms with Crippen LogP contribution in [-0.2, 0) is 9.63 Å². The number of carboxylic acids is 1. The van der Waals surface area contributed by atoms with Crippen molar-refractivity contribution >= 4 is 5.97 Å². The zero-order valence-electron chi connectivity index (χ0n) is 11.5. The Morgan fingerprint density at radius 2 is 1.69 bits per heavy atom. The highest BCUT2D eigenvalue weighted by Crippen LogP contribution is 2.23. The van der Waals surface area contributed by atoms with E-state index in [2.05, 4.69) is 20.8 Å². The van der Waals surface area contributed by atoms with E-state index in [4.69, 9.17) is 9.94 Å². The number of rotatable bonds is 4. The molecule has 4 heteroatoms. The predicted octanol–water partition coefficient (Wildman–Crippen LogP) is 2.54. The van der Waals surface area contributed by atoms with Crippen LogP contribution in [0.15, 0.2) is 0 Å². The molecule has 0 aromatic carbocycles. The highest BCUT2D eigenvalue weighted by molar-refractivity contribution is 5.71. The molecule has 0 bridgehead atoms. The summed E-state index contributed by atoms with van der Waals surface area (Å²) in [6.07, 6.45) is -0.818. The molecule has 0 aromatic rings. The van der Waals surface area contributed by atoms with Gasteiger partial charge in [-0.2, -0.15) is 5.06 Å². The van der Waals surface area contributed by atoms with Crippen LogP contribution >= 0.6 is 0 Å². The summed E-state index contributed by atoms with van der Waals surface area (Å²) in [6.45, 7) is 14.5. The Morgan fingerprint density at radius 1 is 1.25 bits per heavy atom. The molecule has 0 fully saturated rings. The average molecular weight is 231 g/mol. The number of carbonyl (C=O) groups is 1. The fourth-order valence-corrected chi connectivity index (χ4v) is 1.10. The molecular formula is C12H25NO3. The molecule has 0 saturated heterocycles. The third-order valence-corrected chi connectivity index (χ3v) is 2.00. The van der Waals surface area contributed by atoms with Crippen molar-refractivity contribution in [1.82, 2.24) is 5.06 Å². The first-order chi connectivity index (χ1) is 6.93. The number of nitrogens with zero attached hydrogens (tertiary/aromatic N) is 1. The van der Waals surface area contributed by atoms with E-state index in [-0.39, 0.29) is 11.0 Å². The molecule has 1 N–H and O–H groups in total. The fourth-order valence-electron chi connectivity index (χ4n) is 1.10. The summed E-state index contributed by atoms with van der Waals surface area (Å²) < 4.78 is 0. The monoisotopic (exact) mass is 231 g/mol. The summed E-state index contributed by atoms with van der Waals surface area (Å²) in [7, 11) is 0. The van der Waals surface area contributed by atoms with Crippen molar-refractivity contribution in [3.63, 3.8) is 0 Å². The van der Waals surface area contributed by atoms with E-state index in [9.17, 15) is 4.79 Å². The molecule has 0 aliphatic rings. The van der Waals surface area contributed by atoms with E-state index in [1.54, 1.807) is 12.0 Å². The maximum absolute atomic E-state index is 10.8. The third-order valence-electron chi connectivity index (χ3n) is 2.00. The van der Waals surface area contributed by atoms with Crippen molar-refractivity contribution in [1.29, 1.82) is 0 Å². The van der Waals surface area contributed by atoms with Gasteiger partial charge in [-0.05, 0) is 33.1 Å². The molecule has 1 unspecified atom stereocenters. The van der Waals surface area contributed by atoms with Gasteiger partial charge in [-0.3, -0.25) is 4.84 Å². The van der Waals surface area contributed by atoms with Crippen LogP contribution in [0, 0.1) is 5.41 Å². The second-order valence-electron chi connectivity index (χ2n) is 6.35. The molecule has 0 aromatic heterocycles. The van der Waals surface area contributed by atoms with E-state index < -0.39 is 12.1 Å². The maximum Gasteiger partial charge on any atom is 0.334 e. The normalized spacial score (nSPS) is 15.2. The Balaban J connectivity index is 4.64. The number of hydrogen-bond acceptors (Lipinski definition) is 3. The molecule has 4 nitrogen and oxygen atoms in total. The molecular weight excluding hydrogens is 206 g/mol. The van der Waals surface area contributed by atoms with E-state index in [0.717, 1.165) is 0 Å². The largest absolute Gasteiger partial charge is 0.479 e. The van der Waals surface area contributed by atoms with Gasteiger partial charge in [-0.15, -0.1) is 0 Å². The van der Waals surface area contributed by atoms with E-state index in [1.807, 2.05) is 20.8 Å². The Kier molecular flexibility index (Phi) is 4.95. The van der Waals surface area contributed by atoms with E-state index in [0.29, 0.717) is 6.54 Å². The van der Waals surface area contributed by atoms with Gasteiger partial charge in [0.15, 0.2) is 6.10 Å². The van der Waals surface area contributed by atoms with Gasteiger partial charge in [0.25, 0.3) is 0 Å². The molecule has 0 heterocycles. The van der Waals surface area contributed by atoms with Crippen molar-refractivity contribution in [3.8, 4) is 0 Å². The number of aliphatic carboxylic acids is 1. The first-order valence-corrected chi connectivity index (χ1v) is 5.61. The Bertz CT molecular complexity index is 238. The zero-order chi connectivity index (χ0) is 13.1. The van der Waals surface area contributed by atoms with Crippen LogP contribution in [0.3, 0.4) is 0 Å². The Morgan fingerprint density at radius 3 is 1.94 bits per heavy atom. The number of hydrogen-bond donors (Lipinski definition) is 1. The van der Waals surface area contributed by atoms with Crippen LogP contribution in [0.1, 0.15) is 48.5 Å². The zero-order valence-corrected chi connectivity index (χ0v) is 11.5. The second kappa shape index (κ2) is 5.15. The van der Waals surface area contributed by atoms with Crippen LogP contribution in [-0.4, -0.2) is 34.3 Å². The van der Waals surface area contributed by atoms with Gasteiger partial charge in [-0.1, -0.05) is 20.8 Å². The SMILES string of the molecule is CC(ON(CC(C)(C)C)C(C)(C)C)C(=O)O.